The summed E-state index contributed by atoms with van der Waals surface area (Å²) in [7, 11) is 1.53. The van der Waals surface area contributed by atoms with Crippen LogP contribution in [0.3, 0.4) is 0 Å². The Kier molecular flexibility index (Phi) is 6.65. The average Bonchev–Trinajstić information content (AvgIpc) is 2.47. The number of benzene rings is 1. The van der Waals surface area contributed by atoms with Gasteiger partial charge in [0.15, 0.2) is 0 Å². The second-order valence-corrected chi connectivity index (χ2v) is 4.92. The highest BCUT2D eigenvalue weighted by molar-refractivity contribution is 6.18. The molecule has 5 heteroatoms. The highest BCUT2D eigenvalue weighted by Gasteiger charge is 2.24. The zero-order valence-electron chi connectivity index (χ0n) is 12.2. The van der Waals surface area contributed by atoms with E-state index in [1.165, 1.54) is 13.2 Å². The summed E-state index contributed by atoms with van der Waals surface area (Å²) < 4.78 is 5.10. The Morgan fingerprint density at radius 1 is 1.40 bits per heavy atom. The quantitative estimate of drug-likeness (QED) is 0.786. The van der Waals surface area contributed by atoms with E-state index in [2.05, 4.69) is 0 Å². The van der Waals surface area contributed by atoms with Gasteiger partial charge < -0.3 is 14.7 Å². The van der Waals surface area contributed by atoms with Crippen molar-refractivity contribution in [1.29, 1.82) is 0 Å². The molecule has 1 rings (SSSR count). The van der Waals surface area contributed by atoms with Crippen LogP contribution < -0.4 is 4.74 Å². The molecule has 0 aliphatic carbocycles. The van der Waals surface area contributed by atoms with Crippen molar-refractivity contribution in [3.63, 3.8) is 0 Å². The summed E-state index contributed by atoms with van der Waals surface area (Å²) in [6.45, 7) is 4.53. The number of alkyl halides is 1. The van der Waals surface area contributed by atoms with Gasteiger partial charge in [0.1, 0.15) is 11.5 Å². The SMILES string of the molecule is CCC(CC)N(CCCl)C(=O)c1cc(OC)ccc1O. The Morgan fingerprint density at radius 2 is 2.05 bits per heavy atom. The van der Waals surface area contributed by atoms with Crippen LogP contribution in [0.4, 0.5) is 0 Å². The third-order valence-electron chi connectivity index (χ3n) is 3.40. The predicted octanol–water partition coefficient (Wildman–Crippen LogP) is 3.27. The van der Waals surface area contributed by atoms with Gasteiger partial charge in [0, 0.05) is 18.5 Å². The van der Waals surface area contributed by atoms with Crippen molar-refractivity contribution >= 4 is 17.5 Å². The molecule has 0 atom stereocenters. The third-order valence-corrected chi connectivity index (χ3v) is 3.57. The number of methoxy groups -OCH3 is 1. The number of phenolic OH excluding ortho intramolecular Hbond substituents is 1. The first-order chi connectivity index (χ1) is 9.58. The fourth-order valence-corrected chi connectivity index (χ4v) is 2.42. The number of aromatic hydroxyl groups is 1. The minimum absolute atomic E-state index is 0.0404. The van der Waals surface area contributed by atoms with Crippen LogP contribution in [0.2, 0.25) is 0 Å². The summed E-state index contributed by atoms with van der Waals surface area (Å²) >= 11 is 5.80. The molecular weight excluding hydrogens is 278 g/mol. The molecule has 0 saturated carbocycles. The molecule has 0 aliphatic heterocycles. The molecule has 0 unspecified atom stereocenters. The maximum absolute atomic E-state index is 12.6. The van der Waals surface area contributed by atoms with Crippen LogP contribution in [0.1, 0.15) is 37.0 Å². The van der Waals surface area contributed by atoms with Crippen LogP contribution in [0.5, 0.6) is 11.5 Å². The topological polar surface area (TPSA) is 49.8 Å². The number of carbonyl (C=O) groups excluding carboxylic acids is 1. The molecule has 20 heavy (non-hydrogen) atoms. The van der Waals surface area contributed by atoms with Crippen molar-refractivity contribution < 1.29 is 14.6 Å². The van der Waals surface area contributed by atoms with Gasteiger partial charge in [0.2, 0.25) is 0 Å². The van der Waals surface area contributed by atoms with Crippen LogP contribution in [-0.2, 0) is 0 Å². The molecule has 0 radical (unpaired) electrons. The summed E-state index contributed by atoms with van der Waals surface area (Å²) in [4.78, 5) is 14.4. The van der Waals surface area contributed by atoms with Crippen molar-refractivity contribution in [3.8, 4) is 11.5 Å². The van der Waals surface area contributed by atoms with Gasteiger partial charge >= 0.3 is 0 Å². The number of nitrogens with zero attached hydrogens (tertiary/aromatic N) is 1. The molecule has 0 aromatic heterocycles. The van der Waals surface area contributed by atoms with Crippen LogP contribution in [0, 0.1) is 0 Å². The second kappa shape index (κ2) is 8.00. The summed E-state index contributed by atoms with van der Waals surface area (Å²) in [5.74, 6) is 0.658. The molecule has 0 saturated heterocycles. The van der Waals surface area contributed by atoms with Crippen molar-refractivity contribution in [1.82, 2.24) is 4.90 Å². The standard InChI is InChI=1S/C15H22ClNO3/c1-4-11(5-2)17(9-8-16)15(19)13-10-12(20-3)6-7-14(13)18/h6-7,10-11,18H,4-5,8-9H2,1-3H3. The highest BCUT2D eigenvalue weighted by Crippen LogP contribution is 2.25. The number of phenols is 1. The van der Waals surface area contributed by atoms with Gasteiger partial charge in [-0.2, -0.15) is 0 Å². The third kappa shape index (κ3) is 3.79. The van der Waals surface area contributed by atoms with E-state index >= 15 is 0 Å². The van der Waals surface area contributed by atoms with Gasteiger partial charge in [0.05, 0.1) is 12.7 Å². The second-order valence-electron chi connectivity index (χ2n) is 4.54. The molecule has 4 nitrogen and oxygen atoms in total. The van der Waals surface area contributed by atoms with Gasteiger partial charge in [-0.25, -0.2) is 0 Å². The Labute approximate surface area is 125 Å². The average molecular weight is 300 g/mol. The molecule has 1 N–H and O–H groups in total. The van der Waals surface area contributed by atoms with Crippen LogP contribution >= 0.6 is 11.6 Å². The number of carbonyl (C=O) groups is 1. The van der Waals surface area contributed by atoms with Gasteiger partial charge in [-0.3, -0.25) is 4.79 Å². The molecule has 0 aliphatic rings. The van der Waals surface area contributed by atoms with Crippen molar-refractivity contribution in [2.45, 2.75) is 32.7 Å². The number of rotatable bonds is 7. The normalized spacial score (nSPS) is 10.7. The van der Waals surface area contributed by atoms with E-state index in [1.54, 1.807) is 17.0 Å². The van der Waals surface area contributed by atoms with Crippen molar-refractivity contribution in [3.05, 3.63) is 23.8 Å². The minimum atomic E-state index is -0.212. The van der Waals surface area contributed by atoms with E-state index in [4.69, 9.17) is 16.3 Å². The maximum Gasteiger partial charge on any atom is 0.258 e. The van der Waals surface area contributed by atoms with Gasteiger partial charge in [-0.05, 0) is 31.0 Å². The van der Waals surface area contributed by atoms with E-state index in [9.17, 15) is 9.90 Å². The molecule has 0 spiro atoms. The van der Waals surface area contributed by atoms with Crippen LogP contribution in [-0.4, -0.2) is 41.5 Å². The van der Waals surface area contributed by atoms with Crippen LogP contribution in [0.25, 0.3) is 0 Å². The minimum Gasteiger partial charge on any atom is -0.507 e. The Hall–Kier alpha value is -1.42. The zero-order chi connectivity index (χ0) is 15.1. The number of halogens is 1. The molecule has 112 valence electrons. The lowest BCUT2D eigenvalue weighted by Gasteiger charge is -2.30. The Balaban J connectivity index is 3.11. The summed E-state index contributed by atoms with van der Waals surface area (Å²) in [5.41, 5.74) is 0.251. The van der Waals surface area contributed by atoms with E-state index in [1.807, 2.05) is 13.8 Å². The number of amides is 1. The van der Waals surface area contributed by atoms with Crippen molar-refractivity contribution in [2.24, 2.45) is 0 Å². The van der Waals surface area contributed by atoms with E-state index in [-0.39, 0.29) is 23.3 Å². The lowest BCUT2D eigenvalue weighted by Crippen LogP contribution is -2.41. The lowest BCUT2D eigenvalue weighted by atomic mass is 10.1. The highest BCUT2D eigenvalue weighted by atomic mass is 35.5. The number of hydrogen-bond donors (Lipinski definition) is 1. The fraction of sp³-hybridized carbons (Fsp3) is 0.533. The Bertz CT molecular complexity index is 447. The molecule has 1 aromatic carbocycles. The first-order valence-electron chi connectivity index (χ1n) is 6.82. The molecule has 1 aromatic rings. The molecule has 1 amide bonds. The monoisotopic (exact) mass is 299 g/mol. The van der Waals surface area contributed by atoms with Gasteiger partial charge in [-0.1, -0.05) is 13.8 Å². The number of hydrogen-bond acceptors (Lipinski definition) is 3. The Morgan fingerprint density at radius 3 is 2.55 bits per heavy atom. The predicted molar refractivity (Wildman–Crippen MR) is 80.8 cm³/mol. The summed E-state index contributed by atoms with van der Waals surface area (Å²) in [6, 6.07) is 4.76. The van der Waals surface area contributed by atoms with Gasteiger partial charge in [-0.15, -0.1) is 11.6 Å². The molecule has 0 bridgehead atoms. The largest absolute Gasteiger partial charge is 0.507 e. The zero-order valence-corrected chi connectivity index (χ0v) is 13.0. The van der Waals surface area contributed by atoms with Crippen molar-refractivity contribution in [2.75, 3.05) is 19.5 Å². The molecular formula is C15H22ClNO3. The van der Waals surface area contributed by atoms with Crippen LogP contribution in [0.15, 0.2) is 18.2 Å². The van der Waals surface area contributed by atoms with E-state index in [0.717, 1.165) is 12.8 Å². The molecule has 0 heterocycles. The number of ether oxygens (including phenoxy) is 1. The fourth-order valence-electron chi connectivity index (χ4n) is 2.24. The van der Waals surface area contributed by atoms with E-state index < -0.39 is 0 Å². The first kappa shape index (κ1) is 16.6. The molecule has 0 fully saturated rings. The summed E-state index contributed by atoms with van der Waals surface area (Å²) in [6.07, 6.45) is 1.70. The first-order valence-corrected chi connectivity index (χ1v) is 7.36. The summed E-state index contributed by atoms with van der Waals surface area (Å²) in [5, 5.41) is 9.91. The smallest absolute Gasteiger partial charge is 0.258 e. The van der Waals surface area contributed by atoms with Gasteiger partial charge in [0.25, 0.3) is 5.91 Å². The maximum atomic E-state index is 12.6. The lowest BCUT2D eigenvalue weighted by molar-refractivity contribution is 0.0678. The van der Waals surface area contributed by atoms with E-state index in [0.29, 0.717) is 18.2 Å².